The molecule has 0 saturated heterocycles. The third-order valence-electron chi connectivity index (χ3n) is 4.53. The lowest BCUT2D eigenvalue weighted by atomic mass is 9.75. The van der Waals surface area contributed by atoms with Crippen LogP contribution in [-0.4, -0.2) is 26.2 Å². The Balaban J connectivity index is 1.75. The maximum Gasteiger partial charge on any atom is 0.143 e. The topological polar surface area (TPSA) is 55.6 Å². The van der Waals surface area contributed by atoms with Crippen LogP contribution in [0.25, 0.3) is 5.69 Å². The van der Waals surface area contributed by atoms with Gasteiger partial charge in [0.15, 0.2) is 0 Å². The highest BCUT2D eigenvalue weighted by molar-refractivity contribution is 5.57. The summed E-state index contributed by atoms with van der Waals surface area (Å²) in [5, 5.41) is 15.0. The van der Waals surface area contributed by atoms with E-state index in [1.54, 1.807) is 11.0 Å². The van der Waals surface area contributed by atoms with E-state index in [-0.39, 0.29) is 0 Å². The predicted octanol–water partition coefficient (Wildman–Crippen LogP) is 3.35. The van der Waals surface area contributed by atoms with Crippen LogP contribution in [0.1, 0.15) is 45.1 Å². The lowest BCUT2D eigenvalue weighted by molar-refractivity contribution is 0.232. The fourth-order valence-electron chi connectivity index (χ4n) is 2.95. The molecule has 1 heterocycles. The van der Waals surface area contributed by atoms with Gasteiger partial charge < -0.3 is 5.32 Å². The van der Waals surface area contributed by atoms with Gasteiger partial charge in [0.2, 0.25) is 0 Å². The monoisotopic (exact) mass is 285 g/mol. The molecule has 0 atom stereocenters. The Labute approximate surface area is 125 Å². The smallest absolute Gasteiger partial charge is 0.143 e. The largest absolute Gasteiger partial charge is 0.382 e. The van der Waals surface area contributed by atoms with Gasteiger partial charge in [-0.2, -0.15) is 0 Å². The van der Waals surface area contributed by atoms with Crippen LogP contribution in [0, 0.1) is 12.3 Å². The molecule has 0 amide bonds. The second kappa shape index (κ2) is 5.47. The maximum absolute atomic E-state index is 3.95. The first-order chi connectivity index (χ1) is 10.0. The van der Waals surface area contributed by atoms with Crippen molar-refractivity contribution in [1.82, 2.24) is 20.2 Å². The van der Waals surface area contributed by atoms with Crippen molar-refractivity contribution in [3.8, 4) is 5.69 Å². The van der Waals surface area contributed by atoms with E-state index in [0.29, 0.717) is 11.5 Å². The molecule has 0 radical (unpaired) electrons. The molecular formula is C16H23N5. The molecule has 1 saturated carbocycles. The molecule has 1 N–H and O–H groups in total. The van der Waals surface area contributed by atoms with E-state index in [1.807, 2.05) is 6.07 Å². The summed E-state index contributed by atoms with van der Waals surface area (Å²) in [6.07, 6.45) is 6.67. The third-order valence-corrected chi connectivity index (χ3v) is 4.53. The molecule has 2 aromatic rings. The van der Waals surface area contributed by atoms with Crippen LogP contribution in [0.2, 0.25) is 0 Å². The summed E-state index contributed by atoms with van der Waals surface area (Å²) in [4.78, 5) is 0. The zero-order chi connectivity index (χ0) is 14.9. The van der Waals surface area contributed by atoms with E-state index < -0.39 is 0 Å². The van der Waals surface area contributed by atoms with E-state index in [9.17, 15) is 0 Å². The number of aryl methyl sites for hydroxylation is 1. The van der Waals surface area contributed by atoms with E-state index in [1.165, 1.54) is 36.9 Å². The second-order valence-corrected chi connectivity index (χ2v) is 6.84. The van der Waals surface area contributed by atoms with Crippen LogP contribution < -0.4 is 5.32 Å². The highest BCUT2D eigenvalue weighted by Gasteiger charge is 2.26. The van der Waals surface area contributed by atoms with Crippen molar-refractivity contribution in [1.29, 1.82) is 0 Å². The molecule has 1 aliphatic rings. The van der Waals surface area contributed by atoms with Gasteiger partial charge in [-0.15, -0.1) is 5.10 Å². The normalized spacial score (nSPS) is 18.6. The zero-order valence-corrected chi connectivity index (χ0v) is 13.0. The number of benzene rings is 1. The Morgan fingerprint density at radius 2 is 2.00 bits per heavy atom. The van der Waals surface area contributed by atoms with E-state index in [4.69, 9.17) is 0 Å². The third kappa shape index (κ3) is 3.23. The zero-order valence-electron chi connectivity index (χ0n) is 13.0. The van der Waals surface area contributed by atoms with Gasteiger partial charge in [0.05, 0.1) is 5.69 Å². The van der Waals surface area contributed by atoms with Gasteiger partial charge >= 0.3 is 0 Å². The molecule has 3 rings (SSSR count). The summed E-state index contributed by atoms with van der Waals surface area (Å²) in [5.41, 5.74) is 3.94. The van der Waals surface area contributed by atoms with Gasteiger partial charge in [-0.25, -0.2) is 4.68 Å². The van der Waals surface area contributed by atoms with Gasteiger partial charge in [-0.1, -0.05) is 19.9 Å². The number of hydrogen-bond acceptors (Lipinski definition) is 4. The molecule has 0 spiro atoms. The Hall–Kier alpha value is -1.91. The van der Waals surface area contributed by atoms with Crippen LogP contribution >= 0.6 is 0 Å². The lowest BCUT2D eigenvalue weighted by Crippen LogP contribution is -2.30. The van der Waals surface area contributed by atoms with Crippen molar-refractivity contribution in [2.75, 3.05) is 5.32 Å². The molecule has 21 heavy (non-hydrogen) atoms. The molecular weight excluding hydrogens is 262 g/mol. The minimum Gasteiger partial charge on any atom is -0.382 e. The van der Waals surface area contributed by atoms with E-state index in [2.05, 4.69) is 53.7 Å². The van der Waals surface area contributed by atoms with Crippen molar-refractivity contribution in [2.45, 2.75) is 52.5 Å². The fraction of sp³-hybridized carbons (Fsp3) is 0.562. The van der Waals surface area contributed by atoms with E-state index >= 15 is 0 Å². The molecule has 1 aromatic carbocycles. The number of rotatable bonds is 3. The molecule has 112 valence electrons. The fourth-order valence-corrected chi connectivity index (χ4v) is 2.95. The molecule has 5 nitrogen and oxygen atoms in total. The Morgan fingerprint density at radius 1 is 1.24 bits per heavy atom. The number of anilines is 1. The van der Waals surface area contributed by atoms with Gasteiger partial charge in [0, 0.05) is 11.7 Å². The molecule has 5 heteroatoms. The lowest BCUT2D eigenvalue weighted by Gasteiger charge is -2.35. The quantitative estimate of drug-likeness (QED) is 0.939. The van der Waals surface area contributed by atoms with Crippen molar-refractivity contribution in [3.05, 3.63) is 30.1 Å². The summed E-state index contributed by atoms with van der Waals surface area (Å²) >= 11 is 0. The Bertz CT molecular complexity index is 593. The van der Waals surface area contributed by atoms with Crippen LogP contribution in [-0.2, 0) is 0 Å². The van der Waals surface area contributed by atoms with Crippen molar-refractivity contribution in [2.24, 2.45) is 5.41 Å². The number of nitrogens with one attached hydrogen (secondary N) is 1. The number of aromatic nitrogens is 4. The highest BCUT2D eigenvalue weighted by atomic mass is 15.5. The summed E-state index contributed by atoms with van der Waals surface area (Å²) in [7, 11) is 0. The molecule has 0 aliphatic heterocycles. The summed E-state index contributed by atoms with van der Waals surface area (Å²) in [6, 6.07) is 6.86. The SMILES string of the molecule is Cc1ccc(-n2cnnn2)cc1NC1CCC(C)(C)CC1. The molecule has 0 unspecified atom stereocenters. The van der Waals surface area contributed by atoms with Crippen LogP contribution in [0.5, 0.6) is 0 Å². The maximum atomic E-state index is 3.95. The first kappa shape index (κ1) is 14.0. The average Bonchev–Trinajstić information content (AvgIpc) is 2.97. The van der Waals surface area contributed by atoms with Gasteiger partial charge in [0.1, 0.15) is 6.33 Å². The molecule has 1 aromatic heterocycles. The van der Waals surface area contributed by atoms with E-state index in [0.717, 1.165) is 5.69 Å². The number of hydrogen-bond donors (Lipinski definition) is 1. The highest BCUT2D eigenvalue weighted by Crippen LogP contribution is 2.36. The molecule has 1 aliphatic carbocycles. The standard InChI is InChI=1S/C16H23N5/c1-12-4-5-14(21-11-17-19-20-21)10-15(12)18-13-6-8-16(2,3)9-7-13/h4-5,10-11,13,18H,6-9H2,1-3H3. The Kier molecular flexibility index (Phi) is 3.66. The van der Waals surface area contributed by atoms with Crippen LogP contribution in [0.4, 0.5) is 5.69 Å². The molecule has 0 bridgehead atoms. The average molecular weight is 285 g/mol. The predicted molar refractivity (Wildman–Crippen MR) is 83.6 cm³/mol. The van der Waals surface area contributed by atoms with Crippen molar-refractivity contribution >= 4 is 5.69 Å². The summed E-state index contributed by atoms with van der Waals surface area (Å²) in [6.45, 7) is 6.87. The minimum atomic E-state index is 0.501. The van der Waals surface area contributed by atoms with Crippen LogP contribution in [0.15, 0.2) is 24.5 Å². The summed E-state index contributed by atoms with van der Waals surface area (Å²) < 4.78 is 1.69. The minimum absolute atomic E-state index is 0.501. The first-order valence-electron chi connectivity index (χ1n) is 7.64. The Morgan fingerprint density at radius 3 is 2.67 bits per heavy atom. The molecule has 1 fully saturated rings. The van der Waals surface area contributed by atoms with Crippen molar-refractivity contribution < 1.29 is 0 Å². The first-order valence-corrected chi connectivity index (χ1v) is 7.64. The summed E-state index contributed by atoms with van der Waals surface area (Å²) in [5.74, 6) is 0. The van der Waals surface area contributed by atoms with Gasteiger partial charge in [-0.3, -0.25) is 0 Å². The van der Waals surface area contributed by atoms with Crippen molar-refractivity contribution in [3.63, 3.8) is 0 Å². The number of nitrogens with zero attached hydrogens (tertiary/aromatic N) is 4. The van der Waals surface area contributed by atoms with Gasteiger partial charge in [0.25, 0.3) is 0 Å². The van der Waals surface area contributed by atoms with Crippen LogP contribution in [0.3, 0.4) is 0 Å². The second-order valence-electron chi connectivity index (χ2n) is 6.84. The number of tetrazole rings is 1. The van der Waals surface area contributed by atoms with Gasteiger partial charge in [-0.05, 0) is 66.1 Å².